The smallest absolute Gasteiger partial charge is 0.339 e. The van der Waals surface area contributed by atoms with E-state index in [2.05, 4.69) is 20.9 Å². The van der Waals surface area contributed by atoms with Crippen LogP contribution in [-0.4, -0.2) is 22.8 Å². The van der Waals surface area contributed by atoms with Gasteiger partial charge in [0.25, 0.3) is 0 Å². The average Bonchev–Trinajstić information content (AvgIpc) is 2.25. The maximum Gasteiger partial charge on any atom is 0.339 e. The number of aliphatic imine (C=N–C) groups is 1. The molecule has 17 heavy (non-hydrogen) atoms. The first-order valence-electron chi connectivity index (χ1n) is 4.49. The minimum Gasteiger partial charge on any atom is -0.478 e. The molecule has 4 nitrogen and oxygen atoms in total. The van der Waals surface area contributed by atoms with Gasteiger partial charge in [-0.05, 0) is 34.5 Å². The van der Waals surface area contributed by atoms with Gasteiger partial charge in [0.2, 0.25) is 0 Å². The summed E-state index contributed by atoms with van der Waals surface area (Å²) in [5, 5.41) is 9.04. The van der Waals surface area contributed by atoms with Crippen molar-refractivity contribution in [3.8, 4) is 0 Å². The van der Waals surface area contributed by atoms with Crippen molar-refractivity contribution in [1.29, 1.82) is 0 Å². The molecule has 0 atom stereocenters. The van der Waals surface area contributed by atoms with Gasteiger partial charge in [0, 0.05) is 0 Å². The van der Waals surface area contributed by atoms with Crippen molar-refractivity contribution < 1.29 is 14.3 Å². The van der Waals surface area contributed by atoms with Crippen LogP contribution in [0.3, 0.4) is 0 Å². The number of hydrogen-bond acceptors (Lipinski definition) is 2. The van der Waals surface area contributed by atoms with Crippen LogP contribution >= 0.6 is 27.5 Å². The van der Waals surface area contributed by atoms with Crippen LogP contribution in [0, 0.1) is 12.7 Å². The summed E-state index contributed by atoms with van der Waals surface area (Å²) in [6, 6.07) is 1.18. The molecule has 1 aromatic carbocycles. The van der Waals surface area contributed by atoms with E-state index in [1.165, 1.54) is 6.07 Å². The van der Waals surface area contributed by atoms with Crippen LogP contribution in [-0.2, 0) is 0 Å². The quantitative estimate of drug-likeness (QED) is 0.510. The third kappa shape index (κ3) is 2.95. The molecule has 0 saturated heterocycles. The van der Waals surface area contributed by atoms with Crippen molar-refractivity contribution in [2.75, 3.05) is 5.88 Å². The summed E-state index contributed by atoms with van der Waals surface area (Å²) >= 11 is 8.35. The van der Waals surface area contributed by atoms with Gasteiger partial charge in [0.05, 0.1) is 16.0 Å². The molecule has 0 bridgehead atoms. The van der Waals surface area contributed by atoms with Crippen molar-refractivity contribution >= 4 is 45.0 Å². The van der Waals surface area contributed by atoms with Gasteiger partial charge in [-0.2, -0.15) is 0 Å². The molecule has 1 rings (SSSR count). The Morgan fingerprint density at radius 1 is 1.71 bits per heavy atom. The first kappa shape index (κ1) is 13.9. The lowest BCUT2D eigenvalue weighted by Crippen LogP contribution is -2.13. The average molecular weight is 324 g/mol. The highest BCUT2D eigenvalue weighted by molar-refractivity contribution is 9.10. The van der Waals surface area contributed by atoms with Crippen molar-refractivity contribution in [1.82, 2.24) is 0 Å². The molecule has 0 radical (unpaired) electrons. The number of rotatable bonds is 3. The highest BCUT2D eigenvalue weighted by Gasteiger charge is 2.20. The first-order chi connectivity index (χ1) is 7.88. The van der Waals surface area contributed by atoms with Crippen molar-refractivity contribution in [2.45, 2.75) is 6.92 Å². The van der Waals surface area contributed by atoms with Crippen molar-refractivity contribution in [3.05, 3.63) is 27.5 Å². The number of halogens is 3. The number of aromatic carboxylic acids is 1. The second-order valence-corrected chi connectivity index (χ2v) is 4.32. The van der Waals surface area contributed by atoms with Gasteiger partial charge in [-0.15, -0.1) is 11.6 Å². The predicted octanol–water partition coefficient (Wildman–Crippen LogP) is 2.82. The zero-order valence-electron chi connectivity index (χ0n) is 8.80. The molecule has 3 N–H and O–H groups in total. The van der Waals surface area contributed by atoms with E-state index in [0.717, 1.165) is 0 Å². The second-order valence-electron chi connectivity index (χ2n) is 3.25. The Balaban J connectivity index is 3.58. The standard InChI is InChI=1S/C10H9BrClFN2O2/c1-4-2-5(13)8(11)7(10(16)17)9(4)15-6(14)3-12/h2H,3H2,1H3,(H2,14,15)(H,16,17). The van der Waals surface area contributed by atoms with Gasteiger partial charge in [0.1, 0.15) is 17.2 Å². The summed E-state index contributed by atoms with van der Waals surface area (Å²) in [6.45, 7) is 1.54. The van der Waals surface area contributed by atoms with Crippen LogP contribution in [0.1, 0.15) is 15.9 Å². The number of carboxylic acids is 1. The fourth-order valence-corrected chi connectivity index (χ4v) is 1.79. The molecular weight excluding hydrogens is 314 g/mol. The number of carboxylic acid groups (broad SMARTS) is 1. The Bertz CT molecular complexity index is 506. The Kier molecular flexibility index (Phi) is 4.47. The Morgan fingerprint density at radius 2 is 2.29 bits per heavy atom. The number of benzene rings is 1. The lowest BCUT2D eigenvalue weighted by molar-refractivity contribution is 0.0696. The fourth-order valence-electron chi connectivity index (χ4n) is 1.26. The normalized spacial score (nSPS) is 11.6. The Labute approximate surface area is 110 Å². The lowest BCUT2D eigenvalue weighted by Gasteiger charge is -2.09. The Hall–Kier alpha value is -1.14. The first-order valence-corrected chi connectivity index (χ1v) is 5.82. The SMILES string of the molecule is Cc1cc(F)c(Br)c(C(=O)O)c1N=C(N)CCl. The molecule has 92 valence electrons. The van der Waals surface area contributed by atoms with E-state index in [1.54, 1.807) is 6.92 Å². The summed E-state index contributed by atoms with van der Waals surface area (Å²) in [5.41, 5.74) is 5.65. The zero-order valence-corrected chi connectivity index (χ0v) is 11.1. The van der Waals surface area contributed by atoms with Crippen LogP contribution in [0.4, 0.5) is 10.1 Å². The van der Waals surface area contributed by atoms with E-state index >= 15 is 0 Å². The summed E-state index contributed by atoms with van der Waals surface area (Å²) in [5.74, 6) is -1.92. The molecule has 0 unspecified atom stereocenters. The van der Waals surface area contributed by atoms with Gasteiger partial charge in [-0.1, -0.05) is 0 Å². The molecule has 0 aliphatic rings. The van der Waals surface area contributed by atoms with E-state index in [0.29, 0.717) is 5.56 Å². The van der Waals surface area contributed by atoms with E-state index in [9.17, 15) is 9.18 Å². The zero-order chi connectivity index (χ0) is 13.2. The molecule has 0 aliphatic carbocycles. The van der Waals surface area contributed by atoms with Crippen LogP contribution in [0.15, 0.2) is 15.5 Å². The number of hydrogen-bond donors (Lipinski definition) is 2. The molecular formula is C10H9BrClFN2O2. The maximum atomic E-state index is 13.4. The van der Waals surface area contributed by atoms with Gasteiger partial charge >= 0.3 is 5.97 Å². The number of alkyl halides is 1. The van der Waals surface area contributed by atoms with Crippen LogP contribution in [0.25, 0.3) is 0 Å². The summed E-state index contributed by atoms with van der Waals surface area (Å²) in [6.07, 6.45) is 0. The second kappa shape index (κ2) is 5.46. The number of nitrogens with two attached hydrogens (primary N) is 1. The molecule has 0 saturated carbocycles. The molecule has 7 heteroatoms. The van der Waals surface area contributed by atoms with E-state index < -0.39 is 11.8 Å². The number of aryl methyl sites for hydroxylation is 1. The van der Waals surface area contributed by atoms with Gasteiger partial charge in [0.15, 0.2) is 0 Å². The third-order valence-electron chi connectivity index (χ3n) is 1.99. The molecule has 1 aromatic rings. The van der Waals surface area contributed by atoms with Gasteiger partial charge < -0.3 is 10.8 Å². The van der Waals surface area contributed by atoms with Gasteiger partial charge in [-0.3, -0.25) is 0 Å². The van der Waals surface area contributed by atoms with E-state index in [-0.39, 0.29) is 27.4 Å². The van der Waals surface area contributed by atoms with E-state index in [4.69, 9.17) is 22.4 Å². The topological polar surface area (TPSA) is 75.7 Å². The number of amidine groups is 1. The molecule has 0 spiro atoms. The fraction of sp³-hybridized carbons (Fsp3) is 0.200. The summed E-state index contributed by atoms with van der Waals surface area (Å²) in [7, 11) is 0. The molecule has 0 fully saturated rings. The van der Waals surface area contributed by atoms with Crippen molar-refractivity contribution in [3.63, 3.8) is 0 Å². The third-order valence-corrected chi connectivity index (χ3v) is 3.04. The lowest BCUT2D eigenvalue weighted by atomic mass is 10.1. The predicted molar refractivity (Wildman–Crippen MR) is 67.8 cm³/mol. The number of carbonyl (C=O) groups is 1. The molecule has 0 amide bonds. The van der Waals surface area contributed by atoms with E-state index in [1.807, 2.05) is 0 Å². The minimum absolute atomic E-state index is 0.0342. The number of nitrogens with zero attached hydrogens (tertiary/aromatic N) is 1. The van der Waals surface area contributed by atoms with Crippen LogP contribution in [0.5, 0.6) is 0 Å². The largest absolute Gasteiger partial charge is 0.478 e. The highest BCUT2D eigenvalue weighted by atomic mass is 79.9. The minimum atomic E-state index is -1.29. The van der Waals surface area contributed by atoms with Crippen LogP contribution in [0.2, 0.25) is 0 Å². The maximum absolute atomic E-state index is 13.4. The molecule has 0 heterocycles. The monoisotopic (exact) mass is 322 g/mol. The van der Waals surface area contributed by atoms with Gasteiger partial charge in [-0.25, -0.2) is 14.2 Å². The molecule has 0 aliphatic heterocycles. The highest BCUT2D eigenvalue weighted by Crippen LogP contribution is 2.33. The summed E-state index contributed by atoms with van der Waals surface area (Å²) in [4.78, 5) is 15.0. The Morgan fingerprint density at radius 3 is 2.76 bits per heavy atom. The van der Waals surface area contributed by atoms with Crippen LogP contribution < -0.4 is 5.73 Å². The van der Waals surface area contributed by atoms with Crippen molar-refractivity contribution in [2.24, 2.45) is 10.7 Å². The summed E-state index contributed by atoms with van der Waals surface area (Å²) < 4.78 is 13.2. The molecule has 0 aromatic heterocycles.